The monoisotopic (exact) mass is 905 g/mol. The molecule has 1 atom stereocenters. The number of carbonyl (C=O) groups is 5. The smallest absolute Gasteiger partial charge is 0.346 e. The van der Waals surface area contributed by atoms with Crippen molar-refractivity contribution in [3.63, 3.8) is 0 Å². The molecule has 352 valence electrons. The second-order valence-corrected chi connectivity index (χ2v) is 17.3. The van der Waals surface area contributed by atoms with E-state index in [1.54, 1.807) is 107 Å². The Morgan fingerprint density at radius 3 is 1.44 bits per heavy atom. The van der Waals surface area contributed by atoms with Gasteiger partial charge in [0, 0.05) is 22.6 Å². The molecular formula is C50H63N7O9. The molecule has 1 amide bonds. The number of amides is 1. The maximum atomic E-state index is 13.0. The fraction of sp³-hybridized carbons (Fsp3) is 0.400. The largest absolute Gasteiger partial charge is 0.462 e. The molecule has 1 heterocycles. The van der Waals surface area contributed by atoms with Crippen LogP contribution >= 0.6 is 0 Å². The predicted molar refractivity (Wildman–Crippen MR) is 256 cm³/mol. The minimum Gasteiger partial charge on any atom is -0.462 e. The van der Waals surface area contributed by atoms with Crippen LogP contribution in [0.2, 0.25) is 0 Å². The molecule has 0 saturated carbocycles. The molecule has 3 aromatic carbocycles. The van der Waals surface area contributed by atoms with Crippen molar-refractivity contribution >= 4 is 76.8 Å². The van der Waals surface area contributed by atoms with Crippen LogP contribution in [-0.2, 0) is 38.1 Å². The van der Waals surface area contributed by atoms with Gasteiger partial charge in [-0.3, -0.25) is 4.79 Å². The van der Waals surface area contributed by atoms with Crippen molar-refractivity contribution in [2.75, 3.05) is 35.8 Å². The van der Waals surface area contributed by atoms with E-state index in [-0.39, 0.29) is 42.2 Å². The van der Waals surface area contributed by atoms with Gasteiger partial charge in [0.1, 0.15) is 16.7 Å². The third-order valence-electron chi connectivity index (χ3n) is 9.30. The van der Waals surface area contributed by atoms with Crippen LogP contribution in [0, 0.1) is 5.92 Å². The lowest BCUT2D eigenvalue weighted by Crippen LogP contribution is -2.42. The Labute approximate surface area is 387 Å². The van der Waals surface area contributed by atoms with E-state index >= 15 is 0 Å². The molecule has 0 aliphatic heterocycles. The third-order valence-corrected chi connectivity index (χ3v) is 9.30. The van der Waals surface area contributed by atoms with E-state index in [0.717, 1.165) is 25.7 Å². The predicted octanol–water partition coefficient (Wildman–Crippen LogP) is 9.62. The van der Waals surface area contributed by atoms with Gasteiger partial charge in [-0.25, -0.2) is 19.2 Å². The summed E-state index contributed by atoms with van der Waals surface area (Å²) in [7, 11) is 0. The van der Waals surface area contributed by atoms with Crippen LogP contribution in [0.15, 0.2) is 83.9 Å². The SMILES string of the molecule is CCCCC(CC)COC(=O)c1ccc(Nc2nc(Nc3ccc(/C=C(/C(=O)OCC)C(=O)OC(C)(C)C)cc3)nc(Nc3ccc(/C=C(\C(=O)NC(C)(C)C)C(=O)OCC)cc3)n2)cc1. The van der Waals surface area contributed by atoms with Gasteiger partial charge in [0.15, 0.2) is 0 Å². The quantitative estimate of drug-likeness (QED) is 0.0202. The summed E-state index contributed by atoms with van der Waals surface area (Å²) in [5.41, 5.74) is 1.46. The lowest BCUT2D eigenvalue weighted by molar-refractivity contribution is -0.154. The van der Waals surface area contributed by atoms with E-state index in [9.17, 15) is 24.0 Å². The standard InChI is InChI=1S/C50H63N7O9/c1-11-15-16-32(12-2)31-65-42(59)35-21-27-38(28-22-35)53-48-55-46(51-36-23-17-33(18-24-36)29-39(43(60)63-13-3)41(58)57-49(5,6)7)54-47(56-48)52-37-25-19-34(20-26-37)30-40(44(61)64-14-4)45(62)66-50(8,9)10/h17-30,32H,11-16,31H2,1-10H3,(H,57,58)(H3,51,52,53,54,55,56)/b39-29+,40-30-. The molecule has 0 aliphatic carbocycles. The molecule has 0 radical (unpaired) electrons. The van der Waals surface area contributed by atoms with Crippen molar-refractivity contribution in [1.29, 1.82) is 0 Å². The van der Waals surface area contributed by atoms with Crippen molar-refractivity contribution in [1.82, 2.24) is 20.3 Å². The zero-order valence-electron chi connectivity index (χ0n) is 39.6. The minimum atomic E-state index is -0.826. The van der Waals surface area contributed by atoms with Crippen LogP contribution < -0.4 is 21.3 Å². The van der Waals surface area contributed by atoms with Crippen LogP contribution in [-0.4, -0.2) is 75.7 Å². The first-order valence-corrected chi connectivity index (χ1v) is 22.2. The average Bonchev–Trinajstić information content (AvgIpc) is 3.25. The van der Waals surface area contributed by atoms with Crippen LogP contribution in [0.5, 0.6) is 0 Å². The van der Waals surface area contributed by atoms with E-state index in [1.165, 1.54) is 12.2 Å². The Morgan fingerprint density at radius 1 is 0.591 bits per heavy atom. The van der Waals surface area contributed by atoms with Crippen molar-refractivity contribution < 1.29 is 42.9 Å². The van der Waals surface area contributed by atoms with Gasteiger partial charge < -0.3 is 40.2 Å². The fourth-order valence-corrected chi connectivity index (χ4v) is 6.03. The summed E-state index contributed by atoms with van der Waals surface area (Å²) in [5.74, 6) is -2.52. The molecule has 16 heteroatoms. The normalized spacial score (nSPS) is 12.3. The Morgan fingerprint density at radius 2 is 1.03 bits per heavy atom. The summed E-state index contributed by atoms with van der Waals surface area (Å²) >= 11 is 0. The number of nitrogens with zero attached hydrogens (tertiary/aromatic N) is 3. The number of esters is 4. The van der Waals surface area contributed by atoms with Gasteiger partial charge in [0.2, 0.25) is 17.8 Å². The first kappa shape index (κ1) is 51.5. The first-order valence-electron chi connectivity index (χ1n) is 22.2. The molecule has 0 aliphatic rings. The van der Waals surface area contributed by atoms with E-state index in [0.29, 0.717) is 46.3 Å². The summed E-state index contributed by atoms with van der Waals surface area (Å²) in [5, 5.41) is 12.4. The molecule has 1 aromatic heterocycles. The number of carbonyl (C=O) groups excluding carboxylic acids is 5. The number of aromatic nitrogens is 3. The maximum Gasteiger partial charge on any atom is 0.346 e. The minimum absolute atomic E-state index is 0.0820. The van der Waals surface area contributed by atoms with Crippen molar-refractivity contribution in [3.05, 3.63) is 101 Å². The van der Waals surface area contributed by atoms with Gasteiger partial charge in [-0.1, -0.05) is 57.4 Å². The van der Waals surface area contributed by atoms with E-state index in [2.05, 4.69) is 50.1 Å². The number of nitrogens with one attached hydrogen (secondary N) is 4. The summed E-state index contributed by atoms with van der Waals surface area (Å²) in [6.07, 6.45) is 6.99. The van der Waals surface area contributed by atoms with Crippen LogP contribution in [0.4, 0.5) is 34.9 Å². The number of ether oxygens (including phenoxy) is 4. The zero-order chi connectivity index (χ0) is 48.4. The number of benzene rings is 3. The van der Waals surface area contributed by atoms with Gasteiger partial charge in [0.05, 0.1) is 25.4 Å². The molecule has 66 heavy (non-hydrogen) atoms. The number of unbranched alkanes of at least 4 members (excludes halogenated alkanes) is 1. The second kappa shape index (κ2) is 24.3. The molecule has 0 bridgehead atoms. The molecular weight excluding hydrogens is 843 g/mol. The Kier molecular flexibility index (Phi) is 18.9. The first-order chi connectivity index (χ1) is 31.3. The third kappa shape index (κ3) is 17.1. The molecule has 16 nitrogen and oxygen atoms in total. The maximum absolute atomic E-state index is 13.0. The highest BCUT2D eigenvalue weighted by Gasteiger charge is 2.27. The highest BCUT2D eigenvalue weighted by molar-refractivity contribution is 6.20. The Hall–Kier alpha value is -7.10. The van der Waals surface area contributed by atoms with Crippen molar-refractivity contribution in [2.24, 2.45) is 5.92 Å². The Balaban J connectivity index is 1.63. The highest BCUT2D eigenvalue weighted by atomic mass is 16.6. The van der Waals surface area contributed by atoms with Gasteiger partial charge in [-0.2, -0.15) is 15.0 Å². The summed E-state index contributed by atoms with van der Waals surface area (Å²) in [6, 6.07) is 20.5. The molecule has 4 N–H and O–H groups in total. The molecule has 0 spiro atoms. The van der Waals surface area contributed by atoms with Crippen molar-refractivity contribution in [2.45, 2.75) is 106 Å². The number of hydrogen-bond donors (Lipinski definition) is 4. The van der Waals surface area contributed by atoms with E-state index < -0.39 is 40.9 Å². The molecule has 0 saturated heterocycles. The van der Waals surface area contributed by atoms with Crippen LogP contribution in [0.3, 0.4) is 0 Å². The molecule has 4 aromatic rings. The van der Waals surface area contributed by atoms with Gasteiger partial charge in [-0.05, 0) is 140 Å². The topological polar surface area (TPSA) is 209 Å². The lowest BCUT2D eigenvalue weighted by Gasteiger charge is -2.21. The summed E-state index contributed by atoms with van der Waals surface area (Å²) in [6.45, 7) is 18.7. The summed E-state index contributed by atoms with van der Waals surface area (Å²) in [4.78, 5) is 78.1. The van der Waals surface area contributed by atoms with Crippen LogP contribution in [0.1, 0.15) is 116 Å². The Bertz CT molecular complexity index is 2220. The number of anilines is 6. The number of hydrogen-bond acceptors (Lipinski definition) is 15. The highest BCUT2D eigenvalue weighted by Crippen LogP contribution is 2.24. The summed E-state index contributed by atoms with van der Waals surface area (Å²) < 4.78 is 21.4. The molecule has 0 fully saturated rings. The van der Waals surface area contributed by atoms with Gasteiger partial charge in [0.25, 0.3) is 5.91 Å². The zero-order valence-corrected chi connectivity index (χ0v) is 39.6. The molecule has 1 unspecified atom stereocenters. The van der Waals surface area contributed by atoms with E-state index in [1.807, 2.05) is 20.8 Å². The van der Waals surface area contributed by atoms with E-state index in [4.69, 9.17) is 18.9 Å². The fourth-order valence-electron chi connectivity index (χ4n) is 6.03. The van der Waals surface area contributed by atoms with Crippen molar-refractivity contribution in [3.8, 4) is 0 Å². The second-order valence-electron chi connectivity index (χ2n) is 17.3. The lowest BCUT2D eigenvalue weighted by atomic mass is 10.0. The average molecular weight is 906 g/mol. The van der Waals surface area contributed by atoms with Gasteiger partial charge in [-0.15, -0.1) is 0 Å². The number of rotatable bonds is 21. The van der Waals surface area contributed by atoms with Gasteiger partial charge >= 0.3 is 23.9 Å². The van der Waals surface area contributed by atoms with Crippen LogP contribution in [0.25, 0.3) is 12.2 Å². The molecule has 4 rings (SSSR count).